The smallest absolute Gasteiger partial charge is 0.230 e. The SMILES string of the molecule is O=C(CSc1nnc(Cc2cccs2)n1C1CC1)NC1CCOc2ccccc21. The van der Waals surface area contributed by atoms with E-state index in [9.17, 15) is 4.79 Å². The molecule has 1 N–H and O–H groups in total. The molecule has 29 heavy (non-hydrogen) atoms. The van der Waals surface area contributed by atoms with Gasteiger partial charge in [0.1, 0.15) is 11.6 Å². The lowest BCUT2D eigenvalue weighted by Gasteiger charge is -2.26. The number of thiophene rings is 1. The van der Waals surface area contributed by atoms with E-state index in [1.54, 1.807) is 11.3 Å². The summed E-state index contributed by atoms with van der Waals surface area (Å²) in [7, 11) is 0. The van der Waals surface area contributed by atoms with Gasteiger partial charge in [0, 0.05) is 29.3 Å². The minimum absolute atomic E-state index is 0.00346. The van der Waals surface area contributed by atoms with Crippen LogP contribution in [0, 0.1) is 0 Å². The number of carbonyl (C=O) groups excluding carboxylic acids is 1. The number of benzene rings is 1. The lowest BCUT2D eigenvalue weighted by atomic mass is 10.0. The maximum atomic E-state index is 12.6. The summed E-state index contributed by atoms with van der Waals surface area (Å²) in [4.78, 5) is 13.9. The third-order valence-corrected chi connectivity index (χ3v) is 7.01. The van der Waals surface area contributed by atoms with Crippen molar-refractivity contribution in [2.24, 2.45) is 0 Å². The molecule has 1 fully saturated rings. The number of amides is 1. The van der Waals surface area contributed by atoms with Crippen molar-refractivity contribution in [3.05, 3.63) is 58.0 Å². The maximum absolute atomic E-state index is 12.6. The molecule has 1 aromatic carbocycles. The van der Waals surface area contributed by atoms with Crippen molar-refractivity contribution in [1.29, 1.82) is 0 Å². The number of thioether (sulfide) groups is 1. The average Bonchev–Trinajstić information content (AvgIpc) is 3.29. The van der Waals surface area contributed by atoms with Crippen molar-refractivity contribution in [2.75, 3.05) is 12.4 Å². The van der Waals surface area contributed by atoms with Gasteiger partial charge in [-0.25, -0.2) is 0 Å². The van der Waals surface area contributed by atoms with Crippen molar-refractivity contribution in [1.82, 2.24) is 20.1 Å². The van der Waals surface area contributed by atoms with Crippen LogP contribution >= 0.6 is 23.1 Å². The molecule has 0 spiro atoms. The lowest BCUT2D eigenvalue weighted by molar-refractivity contribution is -0.119. The molecule has 8 heteroatoms. The van der Waals surface area contributed by atoms with Gasteiger partial charge in [-0.3, -0.25) is 4.79 Å². The minimum atomic E-state index is 0.00346. The van der Waals surface area contributed by atoms with Crippen molar-refractivity contribution in [2.45, 2.75) is 42.9 Å². The molecule has 3 heterocycles. The number of para-hydroxylation sites is 1. The maximum Gasteiger partial charge on any atom is 0.230 e. The molecule has 1 aliphatic heterocycles. The third-order valence-electron chi connectivity index (χ3n) is 5.19. The number of hydrogen-bond donors (Lipinski definition) is 1. The van der Waals surface area contributed by atoms with Crippen molar-refractivity contribution in [3.63, 3.8) is 0 Å². The standard InChI is InChI=1S/C21H22N4O2S2/c26-20(22-17-9-10-27-18-6-2-1-5-16(17)18)13-29-21-24-23-19(25(21)14-7-8-14)12-15-4-3-11-28-15/h1-6,11,14,17H,7-10,12-13H2,(H,22,26). The van der Waals surface area contributed by atoms with Gasteiger partial charge in [-0.2, -0.15) is 0 Å². The van der Waals surface area contributed by atoms with Crippen LogP contribution < -0.4 is 10.1 Å². The van der Waals surface area contributed by atoms with E-state index in [-0.39, 0.29) is 11.9 Å². The first-order chi connectivity index (χ1) is 14.3. The molecule has 2 aliphatic rings. The molecule has 3 aromatic rings. The fourth-order valence-electron chi connectivity index (χ4n) is 3.65. The quantitative estimate of drug-likeness (QED) is 0.579. The highest BCUT2D eigenvalue weighted by molar-refractivity contribution is 7.99. The largest absolute Gasteiger partial charge is 0.493 e. The van der Waals surface area contributed by atoms with Crippen molar-refractivity contribution >= 4 is 29.0 Å². The summed E-state index contributed by atoms with van der Waals surface area (Å²) in [5, 5.41) is 14.9. The summed E-state index contributed by atoms with van der Waals surface area (Å²) >= 11 is 3.21. The molecule has 1 amide bonds. The summed E-state index contributed by atoms with van der Waals surface area (Å²) in [5.74, 6) is 2.21. The van der Waals surface area contributed by atoms with E-state index in [1.165, 1.54) is 16.6 Å². The predicted molar refractivity (Wildman–Crippen MR) is 114 cm³/mol. The Morgan fingerprint density at radius 3 is 2.93 bits per heavy atom. The molecule has 1 atom stereocenters. The van der Waals surface area contributed by atoms with E-state index in [2.05, 4.69) is 37.6 Å². The monoisotopic (exact) mass is 426 g/mol. The molecule has 0 radical (unpaired) electrons. The van der Waals surface area contributed by atoms with Gasteiger partial charge < -0.3 is 14.6 Å². The zero-order chi connectivity index (χ0) is 19.6. The van der Waals surface area contributed by atoms with Gasteiger partial charge in [0.05, 0.1) is 18.4 Å². The number of nitrogens with one attached hydrogen (secondary N) is 1. The molecule has 6 nitrogen and oxygen atoms in total. The van der Waals surface area contributed by atoms with Crippen LogP contribution in [-0.4, -0.2) is 33.0 Å². The second-order valence-electron chi connectivity index (χ2n) is 7.34. The highest BCUT2D eigenvalue weighted by Crippen LogP contribution is 2.39. The Morgan fingerprint density at radius 1 is 1.21 bits per heavy atom. The Hall–Kier alpha value is -2.32. The van der Waals surface area contributed by atoms with Crippen molar-refractivity contribution < 1.29 is 9.53 Å². The van der Waals surface area contributed by atoms with E-state index in [4.69, 9.17) is 4.74 Å². The van der Waals surface area contributed by atoms with Gasteiger partial charge in [0.2, 0.25) is 5.91 Å². The summed E-state index contributed by atoms with van der Waals surface area (Å²) in [6, 6.07) is 12.6. The minimum Gasteiger partial charge on any atom is -0.493 e. The molecular formula is C21H22N4O2S2. The van der Waals surface area contributed by atoms with Gasteiger partial charge in [0.25, 0.3) is 0 Å². The summed E-state index contributed by atoms with van der Waals surface area (Å²) in [6.07, 6.45) is 3.91. The molecule has 5 rings (SSSR count). The average molecular weight is 427 g/mol. The van der Waals surface area contributed by atoms with E-state index in [1.807, 2.05) is 24.3 Å². The van der Waals surface area contributed by atoms with Crippen LogP contribution in [0.3, 0.4) is 0 Å². The van der Waals surface area contributed by atoms with Gasteiger partial charge in [-0.05, 0) is 30.4 Å². The van der Waals surface area contributed by atoms with E-state index in [0.29, 0.717) is 18.4 Å². The van der Waals surface area contributed by atoms with Gasteiger partial charge >= 0.3 is 0 Å². The lowest BCUT2D eigenvalue weighted by Crippen LogP contribution is -2.33. The zero-order valence-electron chi connectivity index (χ0n) is 15.9. The number of fused-ring (bicyclic) bond motifs is 1. The molecule has 0 bridgehead atoms. The zero-order valence-corrected chi connectivity index (χ0v) is 17.5. The Bertz CT molecular complexity index is 998. The second-order valence-corrected chi connectivity index (χ2v) is 9.31. The highest BCUT2D eigenvalue weighted by atomic mass is 32.2. The Balaban J connectivity index is 1.24. The van der Waals surface area contributed by atoms with Crippen LogP contribution in [0.2, 0.25) is 0 Å². The van der Waals surface area contributed by atoms with Gasteiger partial charge in [-0.15, -0.1) is 21.5 Å². The number of nitrogens with zero attached hydrogens (tertiary/aromatic N) is 3. The molecule has 1 aliphatic carbocycles. The molecule has 0 saturated heterocycles. The third kappa shape index (κ3) is 4.18. The van der Waals surface area contributed by atoms with Crippen LogP contribution in [0.4, 0.5) is 0 Å². The van der Waals surface area contributed by atoms with Crippen molar-refractivity contribution in [3.8, 4) is 5.75 Å². The number of hydrogen-bond acceptors (Lipinski definition) is 6. The Kier molecular flexibility index (Phi) is 5.28. The first-order valence-corrected chi connectivity index (χ1v) is 11.7. The van der Waals surface area contributed by atoms with Crippen LogP contribution in [0.5, 0.6) is 5.75 Å². The van der Waals surface area contributed by atoms with E-state index < -0.39 is 0 Å². The molecular weight excluding hydrogens is 404 g/mol. The van der Waals surface area contributed by atoms with Crippen LogP contribution in [-0.2, 0) is 11.2 Å². The van der Waals surface area contributed by atoms with E-state index >= 15 is 0 Å². The Labute approximate surface area is 177 Å². The summed E-state index contributed by atoms with van der Waals surface area (Å²) in [6.45, 7) is 0.622. The predicted octanol–water partition coefficient (Wildman–Crippen LogP) is 4.00. The number of aromatic nitrogens is 3. The number of ether oxygens (including phenoxy) is 1. The number of rotatable bonds is 7. The first kappa shape index (κ1) is 18.7. The normalized spacial score (nSPS) is 18.1. The fourth-order valence-corrected chi connectivity index (χ4v) is 5.19. The van der Waals surface area contributed by atoms with Crippen LogP contribution in [0.15, 0.2) is 46.9 Å². The van der Waals surface area contributed by atoms with Crippen LogP contribution in [0.25, 0.3) is 0 Å². The topological polar surface area (TPSA) is 69.0 Å². The highest BCUT2D eigenvalue weighted by Gasteiger charge is 2.30. The molecule has 1 unspecified atom stereocenters. The molecule has 150 valence electrons. The summed E-state index contributed by atoms with van der Waals surface area (Å²) in [5.41, 5.74) is 1.05. The van der Waals surface area contributed by atoms with E-state index in [0.717, 1.165) is 48.0 Å². The van der Waals surface area contributed by atoms with Crippen LogP contribution in [0.1, 0.15) is 47.6 Å². The van der Waals surface area contributed by atoms with Gasteiger partial charge in [-0.1, -0.05) is 36.0 Å². The number of carbonyl (C=O) groups is 1. The molecule has 1 saturated carbocycles. The summed E-state index contributed by atoms with van der Waals surface area (Å²) < 4.78 is 7.92. The Morgan fingerprint density at radius 2 is 2.10 bits per heavy atom. The fraction of sp³-hybridized carbons (Fsp3) is 0.381. The first-order valence-electron chi connectivity index (χ1n) is 9.88. The van der Waals surface area contributed by atoms with Gasteiger partial charge in [0.15, 0.2) is 5.16 Å². The second kappa shape index (κ2) is 8.20. The molecule has 2 aromatic heterocycles.